The minimum atomic E-state index is -1.94. The second-order valence-corrected chi connectivity index (χ2v) is 13.5. The predicted octanol–water partition coefficient (Wildman–Crippen LogP) is 5.97. The molecule has 0 amide bonds. The van der Waals surface area contributed by atoms with Gasteiger partial charge in [-0.1, -0.05) is 145 Å². The van der Waals surface area contributed by atoms with Crippen LogP contribution in [0.15, 0.2) is 121 Å². The van der Waals surface area contributed by atoms with E-state index in [2.05, 4.69) is 140 Å². The lowest BCUT2D eigenvalue weighted by molar-refractivity contribution is 0.256. The standard InChI is InChI=1S/C30H33NSi/c1-26(32(2,29-19-11-5-12-20-29)30-21-13-6-14-22-30)23-31(24-27-15-7-3-8-16-27)25-28-17-9-4-10-18-28/h3-22,26H,23-25H2,1-2H3/t26-/m1/s1. The highest BCUT2D eigenvalue weighted by atomic mass is 28.3. The number of hydrogen-bond donors (Lipinski definition) is 0. The molecule has 2 heteroatoms. The third kappa shape index (κ3) is 5.27. The Kier molecular flexibility index (Phi) is 7.36. The molecule has 0 spiro atoms. The maximum Gasteiger partial charge on any atom is 0.119 e. The van der Waals surface area contributed by atoms with E-state index < -0.39 is 8.07 Å². The largest absolute Gasteiger partial charge is 0.295 e. The van der Waals surface area contributed by atoms with Crippen molar-refractivity contribution in [1.29, 1.82) is 0 Å². The first kappa shape index (κ1) is 22.3. The van der Waals surface area contributed by atoms with Crippen LogP contribution in [0.3, 0.4) is 0 Å². The van der Waals surface area contributed by atoms with Gasteiger partial charge in [-0.2, -0.15) is 0 Å². The summed E-state index contributed by atoms with van der Waals surface area (Å²) in [5.74, 6) is 0. The van der Waals surface area contributed by atoms with Gasteiger partial charge in [-0.3, -0.25) is 4.90 Å². The van der Waals surface area contributed by atoms with Gasteiger partial charge in [-0.05, 0) is 23.2 Å². The van der Waals surface area contributed by atoms with E-state index in [0.717, 1.165) is 19.6 Å². The normalized spacial score (nSPS) is 12.6. The van der Waals surface area contributed by atoms with Crippen molar-refractivity contribution in [2.45, 2.75) is 32.1 Å². The molecule has 162 valence electrons. The summed E-state index contributed by atoms with van der Waals surface area (Å²) in [6, 6.07) is 44.2. The van der Waals surface area contributed by atoms with Crippen LogP contribution in [0, 0.1) is 0 Å². The zero-order valence-electron chi connectivity index (χ0n) is 19.2. The summed E-state index contributed by atoms with van der Waals surface area (Å²) in [7, 11) is -1.94. The molecule has 0 heterocycles. The highest BCUT2D eigenvalue weighted by Crippen LogP contribution is 2.25. The van der Waals surface area contributed by atoms with E-state index in [1.54, 1.807) is 0 Å². The zero-order valence-corrected chi connectivity index (χ0v) is 20.2. The minimum Gasteiger partial charge on any atom is -0.295 e. The summed E-state index contributed by atoms with van der Waals surface area (Å²) in [6.07, 6.45) is 0. The summed E-state index contributed by atoms with van der Waals surface area (Å²) >= 11 is 0. The number of nitrogens with zero attached hydrogens (tertiary/aromatic N) is 1. The smallest absolute Gasteiger partial charge is 0.119 e. The fourth-order valence-electron chi connectivity index (χ4n) is 4.74. The molecule has 0 aliphatic heterocycles. The molecule has 0 fully saturated rings. The van der Waals surface area contributed by atoms with Crippen molar-refractivity contribution in [3.8, 4) is 0 Å². The molecule has 0 saturated carbocycles. The van der Waals surface area contributed by atoms with Crippen molar-refractivity contribution in [2.24, 2.45) is 0 Å². The van der Waals surface area contributed by atoms with Crippen molar-refractivity contribution in [3.63, 3.8) is 0 Å². The second kappa shape index (κ2) is 10.6. The maximum absolute atomic E-state index is 2.63. The third-order valence-corrected chi connectivity index (χ3v) is 12.0. The molecule has 1 nitrogen and oxygen atoms in total. The molecule has 0 N–H and O–H groups in total. The van der Waals surface area contributed by atoms with Gasteiger partial charge < -0.3 is 0 Å². The molecule has 1 atom stereocenters. The molecule has 0 aromatic heterocycles. The molecule has 0 aliphatic carbocycles. The number of hydrogen-bond acceptors (Lipinski definition) is 1. The average Bonchev–Trinajstić information content (AvgIpc) is 2.86. The summed E-state index contributed by atoms with van der Waals surface area (Å²) in [6.45, 7) is 8.01. The molecular formula is C30H33NSi. The minimum absolute atomic E-state index is 0.555. The lowest BCUT2D eigenvalue weighted by Gasteiger charge is -2.38. The Bertz CT molecular complexity index is 984. The van der Waals surface area contributed by atoms with Gasteiger partial charge in [0, 0.05) is 13.1 Å². The van der Waals surface area contributed by atoms with E-state index in [-0.39, 0.29) is 0 Å². The third-order valence-electron chi connectivity index (χ3n) is 6.76. The first-order chi connectivity index (χ1) is 15.7. The van der Waals surface area contributed by atoms with E-state index in [1.807, 2.05) is 0 Å². The number of rotatable bonds is 9. The first-order valence-electron chi connectivity index (χ1n) is 11.6. The molecule has 4 aromatic carbocycles. The topological polar surface area (TPSA) is 3.24 Å². The maximum atomic E-state index is 2.63. The van der Waals surface area contributed by atoms with E-state index in [1.165, 1.54) is 21.5 Å². The second-order valence-electron chi connectivity index (χ2n) is 8.98. The summed E-state index contributed by atoms with van der Waals surface area (Å²) in [5.41, 5.74) is 3.30. The van der Waals surface area contributed by atoms with Crippen LogP contribution in [0.4, 0.5) is 0 Å². The Morgan fingerprint density at radius 2 is 0.906 bits per heavy atom. The van der Waals surface area contributed by atoms with Crippen molar-refractivity contribution in [3.05, 3.63) is 132 Å². The molecule has 0 saturated heterocycles. The Morgan fingerprint density at radius 3 is 1.28 bits per heavy atom. The van der Waals surface area contributed by atoms with Crippen LogP contribution in [-0.2, 0) is 13.1 Å². The molecule has 4 rings (SSSR count). The van der Waals surface area contributed by atoms with E-state index in [9.17, 15) is 0 Å². The fourth-order valence-corrected chi connectivity index (χ4v) is 8.61. The average molecular weight is 436 g/mol. The summed E-state index contributed by atoms with van der Waals surface area (Å²) in [4.78, 5) is 2.63. The van der Waals surface area contributed by atoms with Gasteiger partial charge >= 0.3 is 0 Å². The molecule has 0 bridgehead atoms. The Labute approximate surface area is 194 Å². The van der Waals surface area contributed by atoms with Crippen molar-refractivity contribution < 1.29 is 0 Å². The van der Waals surface area contributed by atoms with Crippen LogP contribution in [0.2, 0.25) is 12.1 Å². The van der Waals surface area contributed by atoms with Gasteiger partial charge in [0.05, 0.1) is 0 Å². The molecular weight excluding hydrogens is 402 g/mol. The molecule has 32 heavy (non-hydrogen) atoms. The summed E-state index contributed by atoms with van der Waals surface area (Å²) in [5, 5.41) is 3.02. The molecule has 0 aliphatic rings. The van der Waals surface area contributed by atoms with E-state index >= 15 is 0 Å². The SMILES string of the molecule is C[C@H](CN(Cc1ccccc1)Cc1ccccc1)[Si](C)(c1ccccc1)c1ccccc1. The lowest BCUT2D eigenvalue weighted by atomic mass is 10.1. The van der Waals surface area contributed by atoms with Crippen molar-refractivity contribution in [2.75, 3.05) is 6.54 Å². The molecule has 0 unspecified atom stereocenters. The Balaban J connectivity index is 1.65. The Morgan fingerprint density at radius 1 is 0.562 bits per heavy atom. The van der Waals surface area contributed by atoms with Crippen LogP contribution in [-0.4, -0.2) is 19.5 Å². The van der Waals surface area contributed by atoms with Gasteiger partial charge in [0.1, 0.15) is 8.07 Å². The van der Waals surface area contributed by atoms with Crippen LogP contribution >= 0.6 is 0 Å². The van der Waals surface area contributed by atoms with Gasteiger partial charge in [0.25, 0.3) is 0 Å². The molecule has 4 aromatic rings. The monoisotopic (exact) mass is 435 g/mol. The zero-order chi connectivity index (χ0) is 22.2. The van der Waals surface area contributed by atoms with Crippen molar-refractivity contribution in [1.82, 2.24) is 4.90 Å². The molecule has 0 radical (unpaired) electrons. The quantitative estimate of drug-likeness (QED) is 0.293. The predicted molar refractivity (Wildman–Crippen MR) is 140 cm³/mol. The van der Waals surface area contributed by atoms with Gasteiger partial charge in [-0.15, -0.1) is 0 Å². The highest BCUT2D eigenvalue weighted by molar-refractivity contribution is 7.02. The summed E-state index contributed by atoms with van der Waals surface area (Å²) < 4.78 is 0. The number of benzene rings is 4. The van der Waals surface area contributed by atoms with Crippen LogP contribution < -0.4 is 10.4 Å². The van der Waals surface area contributed by atoms with E-state index in [4.69, 9.17) is 0 Å². The van der Waals surface area contributed by atoms with E-state index in [0.29, 0.717) is 5.54 Å². The first-order valence-corrected chi connectivity index (χ1v) is 14.2. The fraction of sp³-hybridized carbons (Fsp3) is 0.200. The van der Waals surface area contributed by atoms with Crippen LogP contribution in [0.25, 0.3) is 0 Å². The van der Waals surface area contributed by atoms with Crippen LogP contribution in [0.1, 0.15) is 18.1 Å². The lowest BCUT2D eigenvalue weighted by Crippen LogP contribution is -2.60. The van der Waals surface area contributed by atoms with Crippen molar-refractivity contribution >= 4 is 18.4 Å². The van der Waals surface area contributed by atoms with Gasteiger partial charge in [0.2, 0.25) is 0 Å². The van der Waals surface area contributed by atoms with Gasteiger partial charge in [0.15, 0.2) is 0 Å². The van der Waals surface area contributed by atoms with Crippen LogP contribution in [0.5, 0.6) is 0 Å². The van der Waals surface area contributed by atoms with Gasteiger partial charge in [-0.25, -0.2) is 0 Å². The highest BCUT2D eigenvalue weighted by Gasteiger charge is 2.38. The Hall–Kier alpha value is -2.94.